The number of aromatic nitrogens is 1. The number of anilines is 1. The van der Waals surface area contributed by atoms with Crippen molar-refractivity contribution in [2.75, 3.05) is 5.32 Å². The Balaban J connectivity index is 1.93. The molecule has 0 spiro atoms. The molecule has 2 rings (SSSR count). The van der Waals surface area contributed by atoms with Gasteiger partial charge in [-0.05, 0) is 41.8 Å². The molecule has 0 aliphatic heterocycles. The van der Waals surface area contributed by atoms with E-state index < -0.39 is 12.1 Å². The SMILES string of the molecule is CC(C)C[C@H](NC(=O)Nc1ccc(Br)cc1)C(=O)NCc1cc(O)no1. The number of halogens is 1. The van der Waals surface area contributed by atoms with Gasteiger partial charge in [0.05, 0.1) is 6.54 Å². The van der Waals surface area contributed by atoms with Crippen molar-refractivity contribution in [2.45, 2.75) is 32.9 Å². The number of rotatable bonds is 7. The highest BCUT2D eigenvalue weighted by Crippen LogP contribution is 2.14. The third-order valence-corrected chi connectivity index (χ3v) is 3.94. The third kappa shape index (κ3) is 6.40. The fraction of sp³-hybridized carbons (Fsp3) is 0.353. The van der Waals surface area contributed by atoms with Crippen LogP contribution >= 0.6 is 15.9 Å². The van der Waals surface area contributed by atoms with Gasteiger partial charge in [-0.1, -0.05) is 29.8 Å². The number of carbonyl (C=O) groups is 2. The Morgan fingerprint density at radius 3 is 2.54 bits per heavy atom. The lowest BCUT2D eigenvalue weighted by Crippen LogP contribution is -2.48. The molecule has 0 fully saturated rings. The zero-order chi connectivity index (χ0) is 19.1. The number of amides is 3. The summed E-state index contributed by atoms with van der Waals surface area (Å²) in [5.74, 6) is -0.0768. The first-order valence-corrected chi connectivity index (χ1v) is 8.88. The Bertz CT molecular complexity index is 745. The summed E-state index contributed by atoms with van der Waals surface area (Å²) in [6, 6.07) is 7.24. The summed E-state index contributed by atoms with van der Waals surface area (Å²) in [5, 5.41) is 20.5. The molecule has 0 saturated carbocycles. The summed E-state index contributed by atoms with van der Waals surface area (Å²) in [4.78, 5) is 24.6. The largest absolute Gasteiger partial charge is 0.491 e. The lowest BCUT2D eigenvalue weighted by molar-refractivity contribution is -0.123. The van der Waals surface area contributed by atoms with Crippen molar-refractivity contribution in [2.24, 2.45) is 5.92 Å². The van der Waals surface area contributed by atoms with Crippen molar-refractivity contribution in [3.05, 3.63) is 40.6 Å². The number of nitrogens with one attached hydrogen (secondary N) is 3. The Labute approximate surface area is 159 Å². The molecule has 1 aromatic carbocycles. The molecule has 1 atom stereocenters. The van der Waals surface area contributed by atoms with Crippen LogP contribution < -0.4 is 16.0 Å². The fourth-order valence-electron chi connectivity index (χ4n) is 2.24. The van der Waals surface area contributed by atoms with E-state index in [-0.39, 0.29) is 24.2 Å². The monoisotopic (exact) mass is 424 g/mol. The summed E-state index contributed by atoms with van der Waals surface area (Å²) >= 11 is 3.33. The zero-order valence-electron chi connectivity index (χ0n) is 14.5. The van der Waals surface area contributed by atoms with Crippen molar-refractivity contribution in [1.82, 2.24) is 15.8 Å². The van der Waals surface area contributed by atoms with Gasteiger partial charge in [-0.2, -0.15) is 0 Å². The number of hydrogen-bond donors (Lipinski definition) is 4. The lowest BCUT2D eigenvalue weighted by Gasteiger charge is -2.20. The number of carbonyl (C=O) groups excluding carboxylic acids is 2. The Kier molecular flexibility index (Phi) is 7.02. The van der Waals surface area contributed by atoms with Crippen molar-refractivity contribution < 1.29 is 19.2 Å². The second-order valence-corrected chi connectivity index (χ2v) is 7.07. The van der Waals surface area contributed by atoms with E-state index in [1.54, 1.807) is 24.3 Å². The molecule has 140 valence electrons. The van der Waals surface area contributed by atoms with E-state index in [9.17, 15) is 9.59 Å². The number of hydrogen-bond acceptors (Lipinski definition) is 5. The first kappa shape index (κ1) is 19.8. The van der Waals surface area contributed by atoms with Crippen LogP contribution in [0, 0.1) is 5.92 Å². The van der Waals surface area contributed by atoms with Gasteiger partial charge in [0, 0.05) is 16.2 Å². The standard InChI is InChI=1S/C17H21BrN4O4/c1-10(2)7-14(16(24)19-9-13-8-15(23)22-26-13)21-17(25)20-12-5-3-11(18)4-6-12/h3-6,8,10,14H,7,9H2,1-2H3,(H,19,24)(H,22,23)(H2,20,21,25)/t14-/m0/s1. The molecule has 0 aliphatic carbocycles. The van der Waals surface area contributed by atoms with Gasteiger partial charge in [0.15, 0.2) is 5.76 Å². The molecule has 0 bridgehead atoms. The van der Waals surface area contributed by atoms with Gasteiger partial charge in [-0.25, -0.2) is 4.79 Å². The van der Waals surface area contributed by atoms with Gasteiger partial charge < -0.3 is 25.6 Å². The predicted octanol–water partition coefficient (Wildman–Crippen LogP) is 3.00. The maximum atomic E-state index is 12.4. The second kappa shape index (κ2) is 9.23. The highest BCUT2D eigenvalue weighted by atomic mass is 79.9. The number of urea groups is 1. The molecule has 0 saturated heterocycles. The summed E-state index contributed by atoms with van der Waals surface area (Å²) < 4.78 is 5.73. The highest BCUT2D eigenvalue weighted by molar-refractivity contribution is 9.10. The van der Waals surface area contributed by atoms with E-state index in [1.807, 2.05) is 13.8 Å². The van der Waals surface area contributed by atoms with E-state index in [4.69, 9.17) is 9.63 Å². The van der Waals surface area contributed by atoms with Crippen LogP contribution in [-0.2, 0) is 11.3 Å². The molecule has 3 amide bonds. The summed E-state index contributed by atoms with van der Waals surface area (Å²) in [6.45, 7) is 3.99. The molecule has 4 N–H and O–H groups in total. The highest BCUT2D eigenvalue weighted by Gasteiger charge is 2.22. The smallest absolute Gasteiger partial charge is 0.319 e. The zero-order valence-corrected chi connectivity index (χ0v) is 16.0. The quantitative estimate of drug-likeness (QED) is 0.544. The van der Waals surface area contributed by atoms with E-state index in [0.717, 1.165) is 4.47 Å². The van der Waals surface area contributed by atoms with Crippen LogP contribution in [0.15, 0.2) is 39.3 Å². The summed E-state index contributed by atoms with van der Waals surface area (Å²) in [5.41, 5.74) is 0.617. The molecule has 8 nitrogen and oxygen atoms in total. The minimum Gasteiger partial charge on any atom is -0.491 e. The molecule has 9 heteroatoms. The van der Waals surface area contributed by atoms with Gasteiger partial charge in [0.25, 0.3) is 5.88 Å². The lowest BCUT2D eigenvalue weighted by atomic mass is 10.0. The third-order valence-electron chi connectivity index (χ3n) is 3.41. The normalized spacial score (nSPS) is 11.8. The predicted molar refractivity (Wildman–Crippen MR) is 99.6 cm³/mol. The van der Waals surface area contributed by atoms with Crippen molar-refractivity contribution >= 4 is 33.6 Å². The van der Waals surface area contributed by atoms with Crippen LogP contribution in [0.2, 0.25) is 0 Å². The van der Waals surface area contributed by atoms with Crippen LogP contribution in [-0.4, -0.2) is 28.2 Å². The maximum absolute atomic E-state index is 12.4. The van der Waals surface area contributed by atoms with E-state index in [2.05, 4.69) is 37.0 Å². The summed E-state index contributed by atoms with van der Waals surface area (Å²) in [7, 11) is 0. The average molecular weight is 425 g/mol. The molecule has 0 radical (unpaired) electrons. The van der Waals surface area contributed by atoms with Crippen LogP contribution in [0.4, 0.5) is 10.5 Å². The van der Waals surface area contributed by atoms with Crippen LogP contribution in [0.3, 0.4) is 0 Å². The van der Waals surface area contributed by atoms with Crippen molar-refractivity contribution in [1.29, 1.82) is 0 Å². The minimum absolute atomic E-state index is 0.0665. The van der Waals surface area contributed by atoms with Crippen LogP contribution in [0.5, 0.6) is 5.88 Å². The number of nitrogens with zero attached hydrogens (tertiary/aromatic N) is 1. The van der Waals surface area contributed by atoms with Crippen LogP contribution in [0.1, 0.15) is 26.0 Å². The fourth-order valence-corrected chi connectivity index (χ4v) is 2.51. The van der Waals surface area contributed by atoms with Gasteiger partial charge in [0.1, 0.15) is 6.04 Å². The minimum atomic E-state index is -0.707. The van der Waals surface area contributed by atoms with Gasteiger partial charge >= 0.3 is 6.03 Å². The number of benzene rings is 1. The van der Waals surface area contributed by atoms with E-state index in [1.165, 1.54) is 6.07 Å². The van der Waals surface area contributed by atoms with Gasteiger partial charge in [-0.3, -0.25) is 4.79 Å². The van der Waals surface area contributed by atoms with Crippen LogP contribution in [0.25, 0.3) is 0 Å². The molecule has 26 heavy (non-hydrogen) atoms. The maximum Gasteiger partial charge on any atom is 0.319 e. The second-order valence-electron chi connectivity index (χ2n) is 6.16. The topological polar surface area (TPSA) is 116 Å². The first-order valence-electron chi connectivity index (χ1n) is 8.09. The van der Waals surface area contributed by atoms with E-state index in [0.29, 0.717) is 17.9 Å². The van der Waals surface area contributed by atoms with Crippen molar-refractivity contribution in [3.8, 4) is 5.88 Å². The first-order chi connectivity index (χ1) is 12.3. The average Bonchev–Trinajstić information content (AvgIpc) is 2.99. The molecule has 1 heterocycles. The Morgan fingerprint density at radius 2 is 1.96 bits per heavy atom. The summed E-state index contributed by atoms with van der Waals surface area (Å²) in [6.07, 6.45) is 0.473. The Morgan fingerprint density at radius 1 is 1.27 bits per heavy atom. The van der Waals surface area contributed by atoms with Crippen molar-refractivity contribution in [3.63, 3.8) is 0 Å². The Hall–Kier alpha value is -2.55. The van der Waals surface area contributed by atoms with Gasteiger partial charge in [0.2, 0.25) is 5.91 Å². The molecule has 0 aliphatic rings. The molecule has 0 unspecified atom stereocenters. The van der Waals surface area contributed by atoms with E-state index >= 15 is 0 Å². The van der Waals surface area contributed by atoms with Gasteiger partial charge in [-0.15, -0.1) is 0 Å². The molecular weight excluding hydrogens is 404 g/mol. The molecule has 2 aromatic rings. The number of aromatic hydroxyl groups is 1. The molecule has 1 aromatic heterocycles. The molecular formula is C17H21BrN4O4.